The number of aromatic amines is 1. The van der Waals surface area contributed by atoms with Gasteiger partial charge in [-0.15, -0.1) is 0 Å². The maximum atomic E-state index is 13.9. The molecule has 4 aromatic rings. The second-order valence-corrected chi connectivity index (χ2v) is 10.7. The fourth-order valence-corrected chi connectivity index (χ4v) is 6.23. The maximum Gasteiger partial charge on any atom is 0.420 e. The van der Waals surface area contributed by atoms with Crippen molar-refractivity contribution >= 4 is 16.6 Å². The smallest absolute Gasteiger partial charge is 0.381 e. The van der Waals surface area contributed by atoms with Gasteiger partial charge >= 0.3 is 6.18 Å². The van der Waals surface area contributed by atoms with E-state index in [1.54, 1.807) is 6.20 Å². The zero-order chi connectivity index (χ0) is 25.7. The highest BCUT2D eigenvalue weighted by Crippen LogP contribution is 2.41. The molecule has 2 aliphatic heterocycles. The number of rotatable bonds is 4. The molecule has 0 radical (unpaired) electrons. The second kappa shape index (κ2) is 9.44. The van der Waals surface area contributed by atoms with E-state index in [2.05, 4.69) is 52.0 Å². The van der Waals surface area contributed by atoms with Crippen molar-refractivity contribution in [2.24, 2.45) is 0 Å². The number of benzene rings is 1. The van der Waals surface area contributed by atoms with E-state index >= 15 is 0 Å². The van der Waals surface area contributed by atoms with Crippen LogP contribution in [0, 0.1) is 0 Å². The first kappa shape index (κ1) is 24.4. The number of piperidine rings is 1. The predicted molar refractivity (Wildman–Crippen MR) is 137 cm³/mol. The first-order chi connectivity index (χ1) is 17.8. The molecule has 6 nitrogen and oxygen atoms in total. The molecule has 0 bridgehead atoms. The van der Waals surface area contributed by atoms with Crippen molar-refractivity contribution in [3.63, 3.8) is 0 Å². The Bertz CT molecular complexity index is 1410. The highest BCUT2D eigenvalue weighted by atomic mass is 19.4. The number of fused-ring (bicyclic) bond motifs is 2. The molecule has 2 saturated heterocycles. The van der Waals surface area contributed by atoms with Crippen molar-refractivity contribution in [3.8, 4) is 11.3 Å². The average Bonchev–Trinajstić information content (AvgIpc) is 3.52. The van der Waals surface area contributed by atoms with Crippen LogP contribution in [-0.2, 0) is 10.9 Å². The van der Waals surface area contributed by atoms with E-state index in [1.165, 1.54) is 16.1 Å². The summed E-state index contributed by atoms with van der Waals surface area (Å²) in [5.41, 5.74) is 3.48. The third kappa shape index (κ3) is 4.52. The molecular formula is C28H32F3N5O. The van der Waals surface area contributed by atoms with Crippen LogP contribution in [-0.4, -0.2) is 56.8 Å². The average molecular weight is 512 g/mol. The lowest BCUT2D eigenvalue weighted by molar-refractivity contribution is -0.136. The number of halogens is 3. The van der Waals surface area contributed by atoms with Gasteiger partial charge in [0.15, 0.2) is 5.65 Å². The standard InChI is InChI=1S/C28H32F3N5O/c1-17(2)25-22-13-19(18-5-9-35(10-6-18)21-7-11-37-12-8-21)3-4-24(22)34-26(25)20-14-23(28(29,30)31)27-32-16-33-36(27)15-20/h3-4,13-18,21,34H,5-12H2,1-2H3. The van der Waals surface area contributed by atoms with Crippen LogP contribution in [0.2, 0.25) is 0 Å². The molecule has 196 valence electrons. The van der Waals surface area contributed by atoms with Crippen LogP contribution >= 0.6 is 0 Å². The van der Waals surface area contributed by atoms with Crippen LogP contribution in [0.1, 0.15) is 68.1 Å². The molecule has 6 rings (SSSR count). The minimum Gasteiger partial charge on any atom is -0.381 e. The summed E-state index contributed by atoms with van der Waals surface area (Å²) in [6, 6.07) is 8.36. The van der Waals surface area contributed by atoms with E-state index < -0.39 is 11.7 Å². The molecule has 0 aliphatic carbocycles. The van der Waals surface area contributed by atoms with Crippen molar-refractivity contribution in [2.45, 2.75) is 63.6 Å². The monoisotopic (exact) mass is 511 g/mol. The first-order valence-electron chi connectivity index (χ1n) is 13.2. The largest absolute Gasteiger partial charge is 0.420 e. The van der Waals surface area contributed by atoms with Gasteiger partial charge in [0.2, 0.25) is 0 Å². The van der Waals surface area contributed by atoms with Crippen LogP contribution in [0.4, 0.5) is 13.2 Å². The van der Waals surface area contributed by atoms with Crippen LogP contribution in [0.15, 0.2) is 36.8 Å². The molecule has 2 aliphatic rings. The molecule has 0 unspecified atom stereocenters. The van der Waals surface area contributed by atoms with Gasteiger partial charge in [0, 0.05) is 41.9 Å². The lowest BCUT2D eigenvalue weighted by Gasteiger charge is -2.39. The number of pyridine rings is 1. The summed E-state index contributed by atoms with van der Waals surface area (Å²) in [5.74, 6) is 0.609. The number of ether oxygens (including phenoxy) is 1. The zero-order valence-electron chi connectivity index (χ0n) is 21.2. The lowest BCUT2D eigenvalue weighted by atomic mass is 9.86. The Labute approximate surface area is 213 Å². The van der Waals surface area contributed by atoms with Gasteiger partial charge in [-0.25, -0.2) is 9.50 Å². The number of hydrogen-bond donors (Lipinski definition) is 1. The number of nitrogens with zero attached hydrogens (tertiary/aromatic N) is 4. The summed E-state index contributed by atoms with van der Waals surface area (Å²) in [7, 11) is 0. The summed E-state index contributed by atoms with van der Waals surface area (Å²) in [6.45, 7) is 8.10. The van der Waals surface area contributed by atoms with Crippen molar-refractivity contribution in [2.75, 3.05) is 26.3 Å². The fourth-order valence-electron chi connectivity index (χ4n) is 6.23. The van der Waals surface area contributed by atoms with Gasteiger partial charge in [-0.3, -0.25) is 0 Å². The Morgan fingerprint density at radius 2 is 1.81 bits per heavy atom. The van der Waals surface area contributed by atoms with Gasteiger partial charge in [0.05, 0.1) is 5.69 Å². The molecule has 0 saturated carbocycles. The summed E-state index contributed by atoms with van der Waals surface area (Å²) >= 11 is 0. The molecule has 5 heterocycles. The van der Waals surface area contributed by atoms with Crippen LogP contribution < -0.4 is 0 Å². The molecular weight excluding hydrogens is 479 g/mol. The zero-order valence-corrected chi connectivity index (χ0v) is 21.2. The van der Waals surface area contributed by atoms with Gasteiger partial charge in [0.1, 0.15) is 11.9 Å². The summed E-state index contributed by atoms with van der Waals surface area (Å²) < 4.78 is 48.3. The molecule has 1 N–H and O–H groups in total. The number of nitrogens with one attached hydrogen (secondary N) is 1. The predicted octanol–water partition coefficient (Wildman–Crippen LogP) is 6.38. The van der Waals surface area contributed by atoms with Gasteiger partial charge in [-0.1, -0.05) is 19.9 Å². The van der Waals surface area contributed by atoms with Gasteiger partial charge in [-0.2, -0.15) is 18.3 Å². The molecule has 1 aromatic carbocycles. The van der Waals surface area contributed by atoms with Gasteiger partial charge in [-0.05, 0) is 79.9 Å². The molecule has 3 aromatic heterocycles. The Morgan fingerprint density at radius 1 is 1.05 bits per heavy atom. The topological polar surface area (TPSA) is 58.5 Å². The number of aromatic nitrogens is 4. The second-order valence-electron chi connectivity index (χ2n) is 10.7. The number of likely N-dealkylation sites (tertiary alicyclic amines) is 1. The number of alkyl halides is 3. The SMILES string of the molecule is CC(C)c1c(-c2cc(C(F)(F)F)c3ncnn3c2)[nH]c2ccc(C3CCN(C4CCOCC4)CC3)cc12. The first-order valence-corrected chi connectivity index (χ1v) is 13.2. The van der Waals surface area contributed by atoms with E-state index in [-0.39, 0.29) is 11.6 Å². The third-order valence-corrected chi connectivity index (χ3v) is 8.12. The Hall–Kier alpha value is -2.91. The summed E-state index contributed by atoms with van der Waals surface area (Å²) in [5, 5.41) is 5.09. The normalized spacial score (nSPS) is 19.0. The van der Waals surface area contributed by atoms with Gasteiger partial charge in [0.25, 0.3) is 0 Å². The summed E-state index contributed by atoms with van der Waals surface area (Å²) in [6.07, 6.45) is 2.74. The van der Waals surface area contributed by atoms with Crippen molar-refractivity contribution in [1.29, 1.82) is 0 Å². The minimum absolute atomic E-state index is 0.121. The molecule has 0 spiro atoms. The molecule has 0 amide bonds. The van der Waals surface area contributed by atoms with Crippen molar-refractivity contribution in [1.82, 2.24) is 24.5 Å². The Balaban J connectivity index is 1.35. The van der Waals surface area contributed by atoms with E-state index in [1.807, 2.05) is 0 Å². The maximum absolute atomic E-state index is 13.9. The molecule has 37 heavy (non-hydrogen) atoms. The Morgan fingerprint density at radius 3 is 2.51 bits per heavy atom. The minimum atomic E-state index is -4.53. The van der Waals surface area contributed by atoms with E-state index in [4.69, 9.17) is 4.74 Å². The lowest BCUT2D eigenvalue weighted by Crippen LogP contribution is -2.43. The Kier molecular flexibility index (Phi) is 6.23. The third-order valence-electron chi connectivity index (χ3n) is 8.12. The van der Waals surface area contributed by atoms with Crippen molar-refractivity contribution in [3.05, 3.63) is 53.5 Å². The highest BCUT2D eigenvalue weighted by Gasteiger charge is 2.35. The van der Waals surface area contributed by atoms with Crippen molar-refractivity contribution < 1.29 is 17.9 Å². The quantitative estimate of drug-likeness (QED) is 0.346. The van der Waals surface area contributed by atoms with Gasteiger partial charge < -0.3 is 14.6 Å². The van der Waals surface area contributed by atoms with E-state index in [9.17, 15) is 13.2 Å². The molecule has 9 heteroatoms. The number of H-pyrrole nitrogens is 1. The van der Waals surface area contributed by atoms with E-state index in [0.29, 0.717) is 23.2 Å². The highest BCUT2D eigenvalue weighted by molar-refractivity contribution is 5.92. The van der Waals surface area contributed by atoms with Crippen LogP contribution in [0.25, 0.3) is 27.8 Å². The molecule has 0 atom stereocenters. The fraction of sp³-hybridized carbons (Fsp3) is 0.500. The number of hydrogen-bond acceptors (Lipinski definition) is 4. The van der Waals surface area contributed by atoms with E-state index in [0.717, 1.165) is 74.8 Å². The van der Waals surface area contributed by atoms with Crippen LogP contribution in [0.3, 0.4) is 0 Å². The van der Waals surface area contributed by atoms with Crippen LogP contribution in [0.5, 0.6) is 0 Å². The summed E-state index contributed by atoms with van der Waals surface area (Å²) in [4.78, 5) is 9.89. The molecule has 2 fully saturated rings.